The van der Waals surface area contributed by atoms with Crippen LogP contribution in [0.25, 0.3) is 0 Å². The van der Waals surface area contributed by atoms with Crippen LogP contribution in [0.1, 0.15) is 18.9 Å². The zero-order valence-corrected chi connectivity index (χ0v) is 10.6. The van der Waals surface area contributed by atoms with E-state index in [9.17, 15) is 4.39 Å². The zero-order valence-electron chi connectivity index (χ0n) is 9.84. The summed E-state index contributed by atoms with van der Waals surface area (Å²) in [6.07, 6.45) is 0.534. The predicted molar refractivity (Wildman–Crippen MR) is 68.9 cm³/mol. The molecule has 0 heterocycles. The van der Waals surface area contributed by atoms with Crippen molar-refractivity contribution in [3.8, 4) is 0 Å². The molecule has 0 saturated carbocycles. The maximum atomic E-state index is 12.9. The van der Waals surface area contributed by atoms with Crippen molar-refractivity contribution in [2.45, 2.75) is 19.9 Å². The Balaban J connectivity index is 2.63. The van der Waals surface area contributed by atoms with Crippen LogP contribution in [0.2, 0.25) is 5.02 Å². The summed E-state index contributed by atoms with van der Waals surface area (Å²) in [5.74, 6) is -0.154. The number of nitrogens with zero attached hydrogens (tertiary/aromatic N) is 1. The van der Waals surface area contributed by atoms with Crippen molar-refractivity contribution in [2.75, 3.05) is 13.1 Å². The number of benzene rings is 1. The van der Waals surface area contributed by atoms with Crippen LogP contribution in [0, 0.1) is 11.2 Å². The first kappa shape index (κ1) is 13.9. The van der Waals surface area contributed by atoms with E-state index in [4.69, 9.17) is 22.7 Å². The highest BCUT2D eigenvalue weighted by molar-refractivity contribution is 6.31. The lowest BCUT2D eigenvalue weighted by Gasteiger charge is -2.20. The topological polar surface area (TPSA) is 53.1 Å². The van der Waals surface area contributed by atoms with E-state index in [1.165, 1.54) is 12.1 Å². The van der Waals surface area contributed by atoms with E-state index in [1.54, 1.807) is 6.07 Å². The molecule has 94 valence electrons. The van der Waals surface area contributed by atoms with Gasteiger partial charge in [0.15, 0.2) is 0 Å². The van der Waals surface area contributed by atoms with Crippen LogP contribution in [-0.2, 0) is 6.54 Å². The van der Waals surface area contributed by atoms with E-state index >= 15 is 0 Å². The highest BCUT2D eigenvalue weighted by Gasteiger charge is 2.08. The molecule has 1 rings (SSSR count). The molecule has 5 heteroatoms. The van der Waals surface area contributed by atoms with Crippen molar-refractivity contribution in [1.82, 2.24) is 4.90 Å². The summed E-state index contributed by atoms with van der Waals surface area (Å²) in [5.41, 5.74) is 6.21. The fraction of sp³-hybridized carbons (Fsp3) is 0.417. The summed E-state index contributed by atoms with van der Waals surface area (Å²) in [4.78, 5) is 2.11. The molecule has 0 radical (unpaired) electrons. The number of rotatable bonds is 6. The van der Waals surface area contributed by atoms with Gasteiger partial charge in [-0.25, -0.2) is 4.39 Å². The van der Waals surface area contributed by atoms with Gasteiger partial charge in [-0.2, -0.15) is 0 Å². The number of hydrogen-bond donors (Lipinski definition) is 2. The van der Waals surface area contributed by atoms with E-state index in [1.807, 2.05) is 6.92 Å². The van der Waals surface area contributed by atoms with Gasteiger partial charge < -0.3 is 5.73 Å². The summed E-state index contributed by atoms with van der Waals surface area (Å²) in [6.45, 7) is 4.21. The molecule has 0 aliphatic rings. The molecule has 0 saturated heterocycles. The zero-order chi connectivity index (χ0) is 12.8. The Hall–Kier alpha value is -1.13. The second-order valence-electron chi connectivity index (χ2n) is 3.88. The third-order valence-electron chi connectivity index (χ3n) is 2.55. The largest absolute Gasteiger partial charge is 0.388 e. The molecule has 0 aliphatic carbocycles. The van der Waals surface area contributed by atoms with Crippen molar-refractivity contribution >= 4 is 17.4 Å². The van der Waals surface area contributed by atoms with Crippen LogP contribution in [-0.4, -0.2) is 23.8 Å². The Morgan fingerprint density at radius 1 is 1.53 bits per heavy atom. The number of nitrogens with one attached hydrogen (secondary N) is 1. The Morgan fingerprint density at radius 2 is 2.24 bits per heavy atom. The molecule has 1 aromatic carbocycles. The van der Waals surface area contributed by atoms with Crippen LogP contribution in [0.3, 0.4) is 0 Å². The van der Waals surface area contributed by atoms with Crippen molar-refractivity contribution in [2.24, 2.45) is 5.73 Å². The summed E-state index contributed by atoms with van der Waals surface area (Å²) < 4.78 is 12.9. The maximum Gasteiger partial charge on any atom is 0.124 e. The van der Waals surface area contributed by atoms with E-state index in [2.05, 4.69) is 4.90 Å². The molecule has 17 heavy (non-hydrogen) atoms. The monoisotopic (exact) mass is 257 g/mol. The van der Waals surface area contributed by atoms with Crippen LogP contribution in [0.15, 0.2) is 18.2 Å². The quantitative estimate of drug-likeness (QED) is 0.608. The van der Waals surface area contributed by atoms with Gasteiger partial charge in [0.1, 0.15) is 5.82 Å². The third kappa shape index (κ3) is 4.71. The second kappa shape index (κ2) is 6.57. The molecule has 0 unspecified atom stereocenters. The Morgan fingerprint density at radius 3 is 2.76 bits per heavy atom. The molecule has 0 spiro atoms. The van der Waals surface area contributed by atoms with Gasteiger partial charge in [-0.1, -0.05) is 24.6 Å². The Kier molecular flexibility index (Phi) is 5.38. The molecular weight excluding hydrogens is 241 g/mol. The van der Waals surface area contributed by atoms with Gasteiger partial charge in [0.25, 0.3) is 0 Å². The summed E-state index contributed by atoms with van der Waals surface area (Å²) in [7, 11) is 0. The van der Waals surface area contributed by atoms with Crippen molar-refractivity contribution in [3.63, 3.8) is 0 Å². The van der Waals surface area contributed by atoms with E-state index in [0.717, 1.165) is 12.1 Å². The lowest BCUT2D eigenvalue weighted by molar-refractivity contribution is 0.288. The molecule has 0 aliphatic heterocycles. The minimum Gasteiger partial charge on any atom is -0.388 e. The lowest BCUT2D eigenvalue weighted by Crippen LogP contribution is -2.27. The fourth-order valence-electron chi connectivity index (χ4n) is 1.52. The first-order valence-electron chi connectivity index (χ1n) is 5.52. The molecular formula is C12H17ClFN3. The third-order valence-corrected chi connectivity index (χ3v) is 2.91. The smallest absolute Gasteiger partial charge is 0.124 e. The normalized spacial score (nSPS) is 10.8. The minimum absolute atomic E-state index is 0.175. The molecule has 0 atom stereocenters. The number of halogens is 2. The number of hydrogen-bond acceptors (Lipinski definition) is 2. The molecule has 0 fully saturated rings. The van der Waals surface area contributed by atoms with Gasteiger partial charge in [0, 0.05) is 24.5 Å². The van der Waals surface area contributed by atoms with Crippen molar-refractivity contribution in [3.05, 3.63) is 34.6 Å². The van der Waals surface area contributed by atoms with Crippen LogP contribution in [0.4, 0.5) is 4.39 Å². The number of nitrogens with two attached hydrogens (primary N) is 1. The first-order chi connectivity index (χ1) is 8.02. The fourth-order valence-corrected chi connectivity index (χ4v) is 1.75. The number of amidine groups is 1. The first-order valence-corrected chi connectivity index (χ1v) is 5.90. The Labute approximate surface area is 106 Å². The predicted octanol–water partition coefficient (Wildman–Crippen LogP) is 2.63. The Bertz CT molecular complexity index is 395. The van der Waals surface area contributed by atoms with Gasteiger partial charge in [0.2, 0.25) is 0 Å². The molecule has 0 aromatic heterocycles. The van der Waals surface area contributed by atoms with Crippen LogP contribution < -0.4 is 5.73 Å². The molecule has 0 amide bonds. The SMILES string of the molecule is CCN(CCC(=N)N)Cc1ccc(F)cc1Cl. The van der Waals surface area contributed by atoms with E-state index in [-0.39, 0.29) is 11.7 Å². The van der Waals surface area contributed by atoms with E-state index in [0.29, 0.717) is 24.5 Å². The van der Waals surface area contributed by atoms with Gasteiger partial charge >= 0.3 is 0 Å². The standard InChI is InChI=1S/C12H17ClFN3/c1-2-17(6-5-12(15)16)8-9-3-4-10(14)7-11(9)13/h3-4,7H,2,5-6,8H2,1H3,(H3,15,16). The summed E-state index contributed by atoms with van der Waals surface area (Å²) >= 11 is 5.96. The van der Waals surface area contributed by atoms with Crippen LogP contribution in [0.5, 0.6) is 0 Å². The van der Waals surface area contributed by atoms with Gasteiger partial charge in [-0.15, -0.1) is 0 Å². The minimum atomic E-state index is -0.328. The van der Waals surface area contributed by atoms with Gasteiger partial charge in [-0.05, 0) is 24.2 Å². The van der Waals surface area contributed by atoms with Gasteiger partial charge in [-0.3, -0.25) is 10.3 Å². The molecule has 0 bridgehead atoms. The lowest BCUT2D eigenvalue weighted by atomic mass is 10.2. The highest BCUT2D eigenvalue weighted by Crippen LogP contribution is 2.19. The molecule has 3 nitrogen and oxygen atoms in total. The van der Waals surface area contributed by atoms with Gasteiger partial charge in [0.05, 0.1) is 5.84 Å². The second-order valence-corrected chi connectivity index (χ2v) is 4.29. The average molecular weight is 258 g/mol. The maximum absolute atomic E-state index is 12.9. The van der Waals surface area contributed by atoms with Crippen LogP contribution >= 0.6 is 11.6 Å². The average Bonchev–Trinajstić information content (AvgIpc) is 2.26. The van der Waals surface area contributed by atoms with E-state index < -0.39 is 0 Å². The summed E-state index contributed by atoms with van der Waals surface area (Å²) in [5, 5.41) is 7.62. The summed E-state index contributed by atoms with van der Waals surface area (Å²) in [6, 6.07) is 4.41. The highest BCUT2D eigenvalue weighted by atomic mass is 35.5. The van der Waals surface area contributed by atoms with Crippen molar-refractivity contribution < 1.29 is 4.39 Å². The van der Waals surface area contributed by atoms with Crippen molar-refractivity contribution in [1.29, 1.82) is 5.41 Å². The molecule has 1 aromatic rings. The molecule has 3 N–H and O–H groups in total.